The van der Waals surface area contributed by atoms with Crippen molar-refractivity contribution in [2.24, 2.45) is 11.8 Å². The van der Waals surface area contributed by atoms with Crippen molar-refractivity contribution in [3.8, 4) is 6.07 Å². The van der Waals surface area contributed by atoms with E-state index in [0.717, 1.165) is 12.3 Å². The predicted octanol–water partition coefficient (Wildman–Crippen LogP) is 3.19. The molecule has 0 amide bonds. The molecule has 0 aromatic rings. The van der Waals surface area contributed by atoms with Gasteiger partial charge in [-0.05, 0) is 51.5 Å². The van der Waals surface area contributed by atoms with E-state index in [0.29, 0.717) is 18.0 Å². The lowest BCUT2D eigenvalue weighted by Gasteiger charge is -2.40. The first-order valence-corrected chi connectivity index (χ1v) is 6.91. The van der Waals surface area contributed by atoms with Gasteiger partial charge in [-0.1, -0.05) is 13.3 Å². The van der Waals surface area contributed by atoms with Gasteiger partial charge in [0.2, 0.25) is 0 Å². The van der Waals surface area contributed by atoms with Gasteiger partial charge < -0.3 is 0 Å². The van der Waals surface area contributed by atoms with E-state index in [9.17, 15) is 5.26 Å². The van der Waals surface area contributed by atoms with E-state index in [-0.39, 0.29) is 0 Å². The molecule has 0 aromatic carbocycles. The first-order valence-electron chi connectivity index (χ1n) is 6.91. The van der Waals surface area contributed by atoms with E-state index < -0.39 is 0 Å². The maximum atomic E-state index is 9.29. The van der Waals surface area contributed by atoms with Crippen molar-refractivity contribution in [2.45, 2.75) is 64.5 Å². The van der Waals surface area contributed by atoms with Crippen LogP contribution in [0.15, 0.2) is 0 Å². The van der Waals surface area contributed by atoms with Gasteiger partial charge in [-0.3, -0.25) is 4.90 Å². The van der Waals surface area contributed by atoms with E-state index in [2.05, 4.69) is 24.8 Å². The molecule has 2 heteroatoms. The van der Waals surface area contributed by atoms with Crippen LogP contribution in [-0.2, 0) is 0 Å². The molecule has 16 heavy (non-hydrogen) atoms. The summed E-state index contributed by atoms with van der Waals surface area (Å²) in [5.41, 5.74) is 0. The summed E-state index contributed by atoms with van der Waals surface area (Å²) in [5.74, 6) is 1.16. The van der Waals surface area contributed by atoms with Gasteiger partial charge >= 0.3 is 0 Å². The summed E-state index contributed by atoms with van der Waals surface area (Å²) < 4.78 is 0. The summed E-state index contributed by atoms with van der Waals surface area (Å²) in [5, 5.41) is 9.29. The molecule has 0 radical (unpaired) electrons. The van der Waals surface area contributed by atoms with Gasteiger partial charge in [-0.2, -0.15) is 5.26 Å². The van der Waals surface area contributed by atoms with E-state index in [1.807, 2.05) is 0 Å². The third-order valence-electron chi connectivity index (χ3n) is 4.70. The molecule has 4 unspecified atom stereocenters. The average molecular weight is 220 g/mol. The molecule has 2 aliphatic rings. The number of hydrogen-bond donors (Lipinski definition) is 0. The van der Waals surface area contributed by atoms with Gasteiger partial charge in [0.1, 0.15) is 0 Å². The minimum atomic E-state index is 0.295. The van der Waals surface area contributed by atoms with Crippen molar-refractivity contribution in [1.82, 2.24) is 4.90 Å². The molecule has 0 N–H and O–H groups in total. The largest absolute Gasteiger partial charge is 0.296 e. The Kier molecular flexibility index (Phi) is 3.86. The molecule has 1 aliphatic carbocycles. The van der Waals surface area contributed by atoms with Crippen LogP contribution in [0.25, 0.3) is 0 Å². The molecule has 0 bridgehead atoms. The predicted molar refractivity (Wildman–Crippen MR) is 65.9 cm³/mol. The SMILES string of the molecule is CCC1CCC(C#N)C(N2CCCC2C)C1. The number of nitrogens with zero attached hydrogens (tertiary/aromatic N) is 2. The fourth-order valence-corrected chi connectivity index (χ4v) is 3.57. The van der Waals surface area contributed by atoms with Gasteiger partial charge in [-0.25, -0.2) is 0 Å². The molecule has 2 nitrogen and oxygen atoms in total. The van der Waals surface area contributed by atoms with Crippen LogP contribution in [0, 0.1) is 23.2 Å². The van der Waals surface area contributed by atoms with Gasteiger partial charge in [0.15, 0.2) is 0 Å². The van der Waals surface area contributed by atoms with E-state index in [1.54, 1.807) is 0 Å². The van der Waals surface area contributed by atoms with Crippen LogP contribution in [0.3, 0.4) is 0 Å². The summed E-state index contributed by atoms with van der Waals surface area (Å²) in [6.07, 6.45) is 7.60. The van der Waals surface area contributed by atoms with Crippen LogP contribution < -0.4 is 0 Å². The standard InChI is InChI=1S/C14H24N2/c1-3-12-6-7-13(10-15)14(9-12)16-8-4-5-11(16)2/h11-14H,3-9H2,1-2H3. The molecule has 1 heterocycles. The molecule has 4 atom stereocenters. The minimum absolute atomic E-state index is 0.295. The van der Waals surface area contributed by atoms with Crippen LogP contribution in [0.5, 0.6) is 0 Å². The Morgan fingerprint density at radius 1 is 1.31 bits per heavy atom. The molecular weight excluding hydrogens is 196 g/mol. The third-order valence-corrected chi connectivity index (χ3v) is 4.70. The fraction of sp³-hybridized carbons (Fsp3) is 0.929. The van der Waals surface area contributed by atoms with Crippen LogP contribution in [0.1, 0.15) is 52.4 Å². The van der Waals surface area contributed by atoms with E-state index in [4.69, 9.17) is 0 Å². The molecule has 1 saturated carbocycles. The summed E-state index contributed by atoms with van der Waals surface area (Å²) >= 11 is 0. The second-order valence-electron chi connectivity index (χ2n) is 5.62. The first-order chi connectivity index (χ1) is 7.76. The fourth-order valence-electron chi connectivity index (χ4n) is 3.57. The normalized spacial score (nSPS) is 40.8. The zero-order valence-electron chi connectivity index (χ0n) is 10.7. The number of hydrogen-bond acceptors (Lipinski definition) is 2. The monoisotopic (exact) mass is 220 g/mol. The summed E-state index contributed by atoms with van der Waals surface area (Å²) in [4.78, 5) is 2.62. The van der Waals surface area contributed by atoms with Crippen molar-refractivity contribution < 1.29 is 0 Å². The lowest BCUT2D eigenvalue weighted by molar-refractivity contribution is 0.0945. The topological polar surface area (TPSA) is 27.0 Å². The second kappa shape index (κ2) is 5.19. The average Bonchev–Trinajstić information content (AvgIpc) is 2.74. The van der Waals surface area contributed by atoms with Gasteiger partial charge in [0.05, 0.1) is 12.0 Å². The van der Waals surface area contributed by atoms with Crippen LogP contribution >= 0.6 is 0 Å². The highest BCUT2D eigenvalue weighted by atomic mass is 15.2. The first kappa shape index (κ1) is 11.9. The number of nitriles is 1. The van der Waals surface area contributed by atoms with Crippen LogP contribution in [0.2, 0.25) is 0 Å². The Bertz CT molecular complexity index is 268. The molecule has 1 aliphatic heterocycles. The maximum Gasteiger partial charge on any atom is 0.0672 e. The van der Waals surface area contributed by atoms with Crippen molar-refractivity contribution in [3.05, 3.63) is 0 Å². The highest BCUT2D eigenvalue weighted by molar-refractivity contribution is 4.99. The molecular formula is C14H24N2. The number of rotatable bonds is 2. The quantitative estimate of drug-likeness (QED) is 0.714. The van der Waals surface area contributed by atoms with Crippen molar-refractivity contribution in [1.29, 1.82) is 5.26 Å². The zero-order chi connectivity index (χ0) is 11.5. The van der Waals surface area contributed by atoms with Gasteiger partial charge in [0.25, 0.3) is 0 Å². The van der Waals surface area contributed by atoms with Crippen LogP contribution in [0.4, 0.5) is 0 Å². The Labute approximate surface area is 99.6 Å². The molecule has 2 rings (SSSR count). The maximum absolute atomic E-state index is 9.29. The molecule has 0 spiro atoms. The molecule has 2 fully saturated rings. The molecule has 1 saturated heterocycles. The van der Waals surface area contributed by atoms with E-state index in [1.165, 1.54) is 38.6 Å². The Morgan fingerprint density at radius 2 is 2.12 bits per heavy atom. The summed E-state index contributed by atoms with van der Waals surface area (Å²) in [7, 11) is 0. The third kappa shape index (κ3) is 2.25. The zero-order valence-corrected chi connectivity index (χ0v) is 10.7. The van der Waals surface area contributed by atoms with Gasteiger partial charge in [-0.15, -0.1) is 0 Å². The van der Waals surface area contributed by atoms with Crippen molar-refractivity contribution in [3.63, 3.8) is 0 Å². The van der Waals surface area contributed by atoms with Crippen molar-refractivity contribution >= 4 is 0 Å². The van der Waals surface area contributed by atoms with Crippen molar-refractivity contribution in [2.75, 3.05) is 6.54 Å². The lowest BCUT2D eigenvalue weighted by atomic mass is 9.77. The smallest absolute Gasteiger partial charge is 0.0672 e. The highest BCUT2D eigenvalue weighted by Gasteiger charge is 2.37. The minimum Gasteiger partial charge on any atom is -0.296 e. The Morgan fingerprint density at radius 3 is 2.69 bits per heavy atom. The van der Waals surface area contributed by atoms with Gasteiger partial charge in [0, 0.05) is 12.1 Å². The summed E-state index contributed by atoms with van der Waals surface area (Å²) in [6.45, 7) is 5.85. The summed E-state index contributed by atoms with van der Waals surface area (Å²) in [6, 6.07) is 3.82. The molecule has 90 valence electrons. The van der Waals surface area contributed by atoms with Crippen LogP contribution in [-0.4, -0.2) is 23.5 Å². The lowest BCUT2D eigenvalue weighted by Crippen LogP contribution is -2.45. The Hall–Kier alpha value is -0.550. The number of likely N-dealkylation sites (tertiary alicyclic amines) is 1. The highest BCUT2D eigenvalue weighted by Crippen LogP contribution is 2.36. The Balaban J connectivity index is 2.05. The van der Waals surface area contributed by atoms with E-state index >= 15 is 0 Å². The second-order valence-corrected chi connectivity index (χ2v) is 5.62. The molecule has 0 aromatic heterocycles.